The van der Waals surface area contributed by atoms with Crippen molar-refractivity contribution in [1.29, 1.82) is 5.26 Å². The van der Waals surface area contributed by atoms with Gasteiger partial charge in [-0.3, -0.25) is 4.79 Å². The van der Waals surface area contributed by atoms with Crippen LogP contribution in [0.3, 0.4) is 0 Å². The first-order valence-electron chi connectivity index (χ1n) is 5.32. The number of nitriles is 1. The van der Waals surface area contributed by atoms with Crippen LogP contribution >= 0.6 is 0 Å². The minimum absolute atomic E-state index is 0.145. The minimum atomic E-state index is -3.65. The molecule has 1 aliphatic rings. The molecule has 0 saturated carbocycles. The molecule has 2 unspecified atom stereocenters. The Kier molecular flexibility index (Phi) is 4.05. The second-order valence-electron chi connectivity index (χ2n) is 4.05. The monoisotopic (exact) mass is 244 g/mol. The van der Waals surface area contributed by atoms with Gasteiger partial charge in [0.1, 0.15) is 5.78 Å². The number of carbonyl (C=O) groups is 1. The van der Waals surface area contributed by atoms with Crippen molar-refractivity contribution in [3.8, 4) is 6.07 Å². The predicted octanol–water partition coefficient (Wildman–Crippen LogP) is 0.672. The third-order valence-corrected chi connectivity index (χ3v) is 4.97. The molecule has 1 fully saturated rings. The zero-order chi connectivity index (χ0) is 12.3. The maximum Gasteiger partial charge on any atom is 0.230 e. The van der Waals surface area contributed by atoms with E-state index in [4.69, 9.17) is 5.26 Å². The van der Waals surface area contributed by atoms with Crippen LogP contribution < -0.4 is 0 Å². The van der Waals surface area contributed by atoms with Crippen LogP contribution in [0.5, 0.6) is 0 Å². The molecular formula is C10H16N2O3S. The number of piperidine rings is 1. The predicted molar refractivity (Wildman–Crippen MR) is 59.0 cm³/mol. The molecule has 6 heteroatoms. The summed E-state index contributed by atoms with van der Waals surface area (Å²) in [5, 5.41) is 7.59. The van der Waals surface area contributed by atoms with E-state index in [1.54, 1.807) is 6.07 Å². The van der Waals surface area contributed by atoms with Crippen molar-refractivity contribution in [3.05, 3.63) is 0 Å². The smallest absolute Gasteiger partial charge is 0.230 e. The Morgan fingerprint density at radius 1 is 1.50 bits per heavy atom. The Labute approximate surface area is 96.1 Å². The lowest BCUT2D eigenvalue weighted by molar-refractivity contribution is -0.121. The minimum Gasteiger partial charge on any atom is -0.298 e. The fourth-order valence-corrected chi connectivity index (χ4v) is 3.42. The molecule has 16 heavy (non-hydrogen) atoms. The van der Waals surface area contributed by atoms with Gasteiger partial charge in [0.25, 0.3) is 0 Å². The van der Waals surface area contributed by atoms with E-state index in [-0.39, 0.29) is 5.78 Å². The summed E-state index contributed by atoms with van der Waals surface area (Å²) in [4.78, 5) is 11.4. The van der Waals surface area contributed by atoms with E-state index in [9.17, 15) is 13.2 Å². The van der Waals surface area contributed by atoms with Gasteiger partial charge in [0.15, 0.2) is 5.25 Å². The second-order valence-corrected chi connectivity index (χ2v) is 6.26. The molecule has 0 N–H and O–H groups in total. The third-order valence-electron chi connectivity index (χ3n) is 2.88. The van der Waals surface area contributed by atoms with Gasteiger partial charge < -0.3 is 0 Å². The number of hydrogen-bond acceptors (Lipinski definition) is 4. The highest BCUT2D eigenvalue weighted by molar-refractivity contribution is 7.90. The molecule has 0 aromatic carbocycles. The molecule has 1 heterocycles. The van der Waals surface area contributed by atoms with Crippen molar-refractivity contribution in [3.63, 3.8) is 0 Å². The van der Waals surface area contributed by atoms with Gasteiger partial charge in [-0.15, -0.1) is 0 Å². The Morgan fingerprint density at radius 2 is 2.12 bits per heavy atom. The number of hydrogen-bond donors (Lipinski definition) is 0. The molecule has 2 atom stereocenters. The lowest BCUT2D eigenvalue weighted by atomic mass is 10.0. The Morgan fingerprint density at radius 3 is 2.62 bits per heavy atom. The van der Waals surface area contributed by atoms with Gasteiger partial charge >= 0.3 is 0 Å². The zero-order valence-corrected chi connectivity index (χ0v) is 10.3. The topological polar surface area (TPSA) is 78.2 Å². The van der Waals surface area contributed by atoms with Crippen molar-refractivity contribution in [1.82, 2.24) is 4.31 Å². The van der Waals surface area contributed by atoms with Gasteiger partial charge in [-0.25, -0.2) is 8.42 Å². The summed E-state index contributed by atoms with van der Waals surface area (Å²) < 4.78 is 25.2. The zero-order valence-electron chi connectivity index (χ0n) is 9.51. The second kappa shape index (κ2) is 4.93. The van der Waals surface area contributed by atoms with Crippen LogP contribution in [0.1, 0.15) is 33.1 Å². The largest absolute Gasteiger partial charge is 0.298 e. The molecule has 0 aliphatic carbocycles. The molecule has 0 spiro atoms. The molecule has 0 aromatic heterocycles. The highest BCUT2D eigenvalue weighted by Crippen LogP contribution is 2.23. The number of carbonyl (C=O) groups excluding carboxylic acids is 1. The average Bonchev–Trinajstić information content (AvgIpc) is 2.27. The third kappa shape index (κ3) is 2.42. The fourth-order valence-electron chi connectivity index (χ4n) is 1.89. The number of Topliss-reactive ketones (excluding diaryl/α,β-unsaturated/α-hetero) is 1. The van der Waals surface area contributed by atoms with E-state index in [1.807, 2.05) is 0 Å². The number of nitrogens with zero attached hydrogens (tertiary/aromatic N) is 2. The maximum atomic E-state index is 12.0. The highest BCUT2D eigenvalue weighted by atomic mass is 32.2. The molecular weight excluding hydrogens is 228 g/mol. The van der Waals surface area contributed by atoms with Crippen LogP contribution in [-0.4, -0.2) is 36.3 Å². The van der Waals surface area contributed by atoms with Crippen LogP contribution in [0.15, 0.2) is 0 Å². The molecule has 0 bridgehead atoms. The maximum absolute atomic E-state index is 12.0. The van der Waals surface area contributed by atoms with E-state index in [1.165, 1.54) is 18.2 Å². The molecule has 0 aromatic rings. The Hall–Kier alpha value is -0.930. The SMILES string of the molecule is CC(=O)C1CCCCN1S(=O)(=O)C(C)C#N. The van der Waals surface area contributed by atoms with Gasteiger partial charge in [0.2, 0.25) is 10.0 Å². The van der Waals surface area contributed by atoms with Crippen LogP contribution in [0, 0.1) is 11.3 Å². The normalized spacial score (nSPS) is 24.7. The first kappa shape index (κ1) is 13.1. The lowest BCUT2D eigenvalue weighted by Crippen LogP contribution is -2.49. The summed E-state index contributed by atoms with van der Waals surface area (Å²) in [6, 6.07) is 1.15. The van der Waals surface area contributed by atoms with Crippen LogP contribution in [0.4, 0.5) is 0 Å². The molecule has 1 rings (SSSR count). The summed E-state index contributed by atoms with van der Waals surface area (Å²) in [5.74, 6) is -0.145. The molecule has 90 valence electrons. The molecule has 0 radical (unpaired) electrons. The van der Waals surface area contributed by atoms with E-state index >= 15 is 0 Å². The van der Waals surface area contributed by atoms with Gasteiger partial charge in [-0.05, 0) is 26.7 Å². The van der Waals surface area contributed by atoms with Crippen LogP contribution in [-0.2, 0) is 14.8 Å². The van der Waals surface area contributed by atoms with Gasteiger partial charge in [-0.2, -0.15) is 9.57 Å². The summed E-state index contributed by atoms with van der Waals surface area (Å²) in [7, 11) is -3.65. The molecule has 1 aliphatic heterocycles. The average molecular weight is 244 g/mol. The fraction of sp³-hybridized carbons (Fsp3) is 0.800. The Balaban J connectivity index is 3.01. The van der Waals surface area contributed by atoms with E-state index in [0.717, 1.165) is 12.8 Å². The highest BCUT2D eigenvalue weighted by Gasteiger charge is 2.37. The molecule has 1 saturated heterocycles. The first-order chi connectivity index (χ1) is 7.41. The van der Waals surface area contributed by atoms with Crippen molar-refractivity contribution in [2.75, 3.05) is 6.54 Å². The van der Waals surface area contributed by atoms with Crippen LogP contribution in [0.2, 0.25) is 0 Å². The lowest BCUT2D eigenvalue weighted by Gasteiger charge is -2.33. The number of rotatable bonds is 3. The molecule has 5 nitrogen and oxygen atoms in total. The molecule has 0 amide bonds. The van der Waals surface area contributed by atoms with Gasteiger partial charge in [0, 0.05) is 6.54 Å². The van der Waals surface area contributed by atoms with Crippen molar-refractivity contribution in [2.24, 2.45) is 0 Å². The summed E-state index contributed by atoms with van der Waals surface area (Å²) >= 11 is 0. The summed E-state index contributed by atoms with van der Waals surface area (Å²) in [6.45, 7) is 3.09. The van der Waals surface area contributed by atoms with Gasteiger partial charge in [-0.1, -0.05) is 6.42 Å². The Bertz CT molecular complexity index is 410. The van der Waals surface area contributed by atoms with Crippen LogP contribution in [0.25, 0.3) is 0 Å². The summed E-state index contributed by atoms with van der Waals surface area (Å²) in [5.41, 5.74) is 0. The van der Waals surface area contributed by atoms with Crippen molar-refractivity contribution in [2.45, 2.75) is 44.4 Å². The standard InChI is InChI=1S/C10H16N2O3S/c1-8(7-11)16(14,15)12-6-4-3-5-10(12)9(2)13/h8,10H,3-6H2,1-2H3. The van der Waals surface area contributed by atoms with E-state index in [0.29, 0.717) is 13.0 Å². The number of ketones is 1. The van der Waals surface area contributed by atoms with Crippen molar-refractivity contribution >= 4 is 15.8 Å². The number of sulfonamides is 1. The first-order valence-corrected chi connectivity index (χ1v) is 6.82. The van der Waals surface area contributed by atoms with E-state index in [2.05, 4.69) is 0 Å². The van der Waals surface area contributed by atoms with Crippen molar-refractivity contribution < 1.29 is 13.2 Å². The van der Waals surface area contributed by atoms with E-state index < -0.39 is 21.3 Å². The van der Waals surface area contributed by atoms with Gasteiger partial charge in [0.05, 0.1) is 12.1 Å². The quantitative estimate of drug-likeness (QED) is 0.731. The summed E-state index contributed by atoms with van der Waals surface area (Å²) in [6.07, 6.45) is 2.17.